The van der Waals surface area contributed by atoms with E-state index in [0.29, 0.717) is 17.6 Å². The largest absolute Gasteiger partial charge is 0.368 e. The van der Waals surface area contributed by atoms with Crippen molar-refractivity contribution in [2.45, 2.75) is 51.5 Å². The molecule has 154 valence electrons. The normalized spacial score (nSPS) is 18.4. The van der Waals surface area contributed by atoms with Crippen molar-refractivity contribution in [3.63, 3.8) is 0 Å². The van der Waals surface area contributed by atoms with E-state index in [-0.39, 0.29) is 5.91 Å². The summed E-state index contributed by atoms with van der Waals surface area (Å²) in [6.45, 7) is 5.76. The second-order valence-corrected chi connectivity index (χ2v) is 8.25. The molecule has 1 aromatic heterocycles. The third-order valence-electron chi connectivity index (χ3n) is 6.02. The van der Waals surface area contributed by atoms with E-state index in [4.69, 9.17) is 0 Å². The maximum absolute atomic E-state index is 12.5. The van der Waals surface area contributed by atoms with E-state index in [1.54, 1.807) is 12.4 Å². The van der Waals surface area contributed by atoms with Crippen molar-refractivity contribution in [3.8, 4) is 0 Å². The number of rotatable bonds is 4. The molecule has 6 nitrogen and oxygen atoms in total. The summed E-state index contributed by atoms with van der Waals surface area (Å²) in [6.07, 6.45) is 10.5. The van der Waals surface area contributed by atoms with Gasteiger partial charge in [0.05, 0.1) is 5.56 Å². The van der Waals surface area contributed by atoms with Gasteiger partial charge in [-0.2, -0.15) is 0 Å². The van der Waals surface area contributed by atoms with Gasteiger partial charge in [0, 0.05) is 50.3 Å². The summed E-state index contributed by atoms with van der Waals surface area (Å²) in [6, 6.07) is 8.92. The lowest BCUT2D eigenvalue weighted by atomic mass is 10.1. The van der Waals surface area contributed by atoms with Crippen molar-refractivity contribution in [1.29, 1.82) is 0 Å². The first-order valence-electron chi connectivity index (χ1n) is 10.9. The lowest BCUT2D eigenvalue weighted by Crippen LogP contribution is -2.47. The van der Waals surface area contributed by atoms with Gasteiger partial charge in [-0.1, -0.05) is 37.8 Å². The van der Waals surface area contributed by atoms with Gasteiger partial charge in [0.25, 0.3) is 5.91 Å². The number of piperazine rings is 1. The third kappa shape index (κ3) is 5.05. The first kappa shape index (κ1) is 19.7. The van der Waals surface area contributed by atoms with Crippen molar-refractivity contribution in [3.05, 3.63) is 47.8 Å². The van der Waals surface area contributed by atoms with Crippen molar-refractivity contribution in [1.82, 2.24) is 15.3 Å². The second-order valence-electron chi connectivity index (χ2n) is 8.25. The number of benzene rings is 1. The van der Waals surface area contributed by atoms with Crippen LogP contribution in [0, 0.1) is 6.92 Å². The molecule has 2 heterocycles. The fourth-order valence-electron chi connectivity index (χ4n) is 4.28. The summed E-state index contributed by atoms with van der Waals surface area (Å²) in [5.41, 5.74) is 3.11. The predicted octanol–water partition coefficient (Wildman–Crippen LogP) is 3.56. The lowest BCUT2D eigenvalue weighted by Gasteiger charge is -2.36. The van der Waals surface area contributed by atoms with Crippen LogP contribution in [0.2, 0.25) is 0 Å². The number of anilines is 2. The van der Waals surface area contributed by atoms with E-state index in [0.717, 1.165) is 39.0 Å². The highest BCUT2D eigenvalue weighted by molar-refractivity contribution is 5.93. The number of carbonyl (C=O) groups excluding carboxylic acids is 1. The first-order valence-corrected chi connectivity index (χ1v) is 10.9. The average molecular weight is 394 g/mol. The zero-order chi connectivity index (χ0) is 20.1. The number of amides is 1. The van der Waals surface area contributed by atoms with Crippen LogP contribution in [0.5, 0.6) is 0 Å². The summed E-state index contributed by atoms with van der Waals surface area (Å²) in [4.78, 5) is 26.1. The van der Waals surface area contributed by atoms with E-state index in [2.05, 4.69) is 56.3 Å². The van der Waals surface area contributed by atoms with Crippen molar-refractivity contribution >= 4 is 17.5 Å². The van der Waals surface area contributed by atoms with Gasteiger partial charge in [0.2, 0.25) is 5.95 Å². The molecule has 4 rings (SSSR count). The molecule has 1 saturated carbocycles. The van der Waals surface area contributed by atoms with Gasteiger partial charge < -0.3 is 15.1 Å². The summed E-state index contributed by atoms with van der Waals surface area (Å²) < 4.78 is 0. The highest BCUT2D eigenvalue weighted by Gasteiger charge is 2.20. The molecule has 0 radical (unpaired) electrons. The Bertz CT molecular complexity index is 806. The zero-order valence-electron chi connectivity index (χ0n) is 17.3. The molecule has 1 aliphatic carbocycles. The maximum atomic E-state index is 12.5. The van der Waals surface area contributed by atoms with E-state index in [1.165, 1.54) is 36.9 Å². The Morgan fingerprint density at radius 2 is 1.62 bits per heavy atom. The summed E-state index contributed by atoms with van der Waals surface area (Å²) in [5, 5.41) is 3.16. The van der Waals surface area contributed by atoms with Gasteiger partial charge in [-0.3, -0.25) is 4.79 Å². The maximum Gasteiger partial charge on any atom is 0.254 e. The van der Waals surface area contributed by atoms with Crippen molar-refractivity contribution < 1.29 is 4.79 Å². The van der Waals surface area contributed by atoms with Crippen LogP contribution in [0.15, 0.2) is 36.7 Å². The van der Waals surface area contributed by atoms with Crippen LogP contribution in [0.4, 0.5) is 11.6 Å². The molecule has 6 heteroatoms. The number of hydrogen-bond acceptors (Lipinski definition) is 5. The fourth-order valence-corrected chi connectivity index (χ4v) is 4.28. The molecule has 1 aromatic carbocycles. The molecule has 2 fully saturated rings. The van der Waals surface area contributed by atoms with Gasteiger partial charge in [-0.25, -0.2) is 9.97 Å². The number of aromatic nitrogens is 2. The van der Waals surface area contributed by atoms with Gasteiger partial charge in [0.15, 0.2) is 0 Å². The summed E-state index contributed by atoms with van der Waals surface area (Å²) in [5.74, 6) is 0.660. The van der Waals surface area contributed by atoms with Gasteiger partial charge in [0.1, 0.15) is 0 Å². The van der Waals surface area contributed by atoms with Gasteiger partial charge in [-0.05, 0) is 37.5 Å². The number of nitrogens with zero attached hydrogens (tertiary/aromatic N) is 4. The molecule has 1 aliphatic heterocycles. The van der Waals surface area contributed by atoms with E-state index >= 15 is 0 Å². The Labute approximate surface area is 173 Å². The monoisotopic (exact) mass is 393 g/mol. The Morgan fingerprint density at radius 3 is 2.28 bits per heavy atom. The molecule has 2 aromatic rings. The molecular weight excluding hydrogens is 362 g/mol. The molecule has 0 unspecified atom stereocenters. The number of aryl methyl sites for hydroxylation is 1. The van der Waals surface area contributed by atoms with Crippen LogP contribution in [0.25, 0.3) is 0 Å². The molecular formula is C23H31N5O. The standard InChI is InChI=1S/C23H31N5O/c1-18-7-6-10-21(15-18)27-11-13-28(14-12-27)23-24-16-19(17-25-23)22(29)26-20-8-4-2-3-5-9-20/h6-7,10,15-17,20H,2-5,8-9,11-14H2,1H3,(H,26,29). The number of hydrogen-bond donors (Lipinski definition) is 1. The molecule has 1 saturated heterocycles. The molecule has 29 heavy (non-hydrogen) atoms. The highest BCUT2D eigenvalue weighted by Crippen LogP contribution is 2.20. The molecule has 0 spiro atoms. The van der Waals surface area contributed by atoms with Crippen molar-refractivity contribution in [2.75, 3.05) is 36.0 Å². The second kappa shape index (κ2) is 9.25. The van der Waals surface area contributed by atoms with Crippen LogP contribution >= 0.6 is 0 Å². The smallest absolute Gasteiger partial charge is 0.254 e. The topological polar surface area (TPSA) is 61.4 Å². The number of nitrogens with one attached hydrogen (secondary N) is 1. The Kier molecular flexibility index (Phi) is 6.27. The fraction of sp³-hybridized carbons (Fsp3) is 0.522. The number of carbonyl (C=O) groups is 1. The Morgan fingerprint density at radius 1 is 0.966 bits per heavy atom. The Hall–Kier alpha value is -2.63. The SMILES string of the molecule is Cc1cccc(N2CCN(c3ncc(C(=O)NC4CCCCCC4)cn3)CC2)c1. The van der Waals surface area contributed by atoms with Gasteiger partial charge in [-0.15, -0.1) is 0 Å². The van der Waals surface area contributed by atoms with E-state index < -0.39 is 0 Å². The van der Waals surface area contributed by atoms with Crippen molar-refractivity contribution in [2.24, 2.45) is 0 Å². The van der Waals surface area contributed by atoms with E-state index in [1.807, 2.05) is 0 Å². The van der Waals surface area contributed by atoms with Gasteiger partial charge >= 0.3 is 0 Å². The van der Waals surface area contributed by atoms with Crippen LogP contribution in [0.1, 0.15) is 54.4 Å². The minimum Gasteiger partial charge on any atom is -0.368 e. The van der Waals surface area contributed by atoms with Crippen LogP contribution < -0.4 is 15.1 Å². The summed E-state index contributed by atoms with van der Waals surface area (Å²) >= 11 is 0. The van der Waals surface area contributed by atoms with Crippen LogP contribution in [0.3, 0.4) is 0 Å². The molecule has 2 aliphatic rings. The Balaban J connectivity index is 1.32. The summed E-state index contributed by atoms with van der Waals surface area (Å²) in [7, 11) is 0. The minimum absolute atomic E-state index is 0.0484. The van der Waals surface area contributed by atoms with Crippen LogP contribution in [-0.2, 0) is 0 Å². The molecule has 0 bridgehead atoms. The van der Waals surface area contributed by atoms with Crippen LogP contribution in [-0.4, -0.2) is 48.1 Å². The lowest BCUT2D eigenvalue weighted by molar-refractivity contribution is 0.0932. The molecule has 0 atom stereocenters. The highest BCUT2D eigenvalue weighted by atomic mass is 16.1. The molecule has 1 N–H and O–H groups in total. The zero-order valence-corrected chi connectivity index (χ0v) is 17.3. The predicted molar refractivity (Wildman–Crippen MR) is 117 cm³/mol. The third-order valence-corrected chi connectivity index (χ3v) is 6.02. The minimum atomic E-state index is -0.0484. The van der Waals surface area contributed by atoms with E-state index in [9.17, 15) is 4.79 Å². The first-order chi connectivity index (χ1) is 14.2. The average Bonchev–Trinajstić information content (AvgIpc) is 3.03. The molecule has 1 amide bonds. The quantitative estimate of drug-likeness (QED) is 0.805.